The molecule has 1 unspecified atom stereocenters. The highest BCUT2D eigenvalue weighted by Gasteiger charge is 2.25. The molecule has 0 radical (unpaired) electrons. The van der Waals surface area contributed by atoms with Gasteiger partial charge in [0.05, 0.1) is 0 Å². The van der Waals surface area contributed by atoms with Crippen LogP contribution < -0.4 is 0 Å². The third kappa shape index (κ3) is 2.66. The van der Waals surface area contributed by atoms with Gasteiger partial charge < -0.3 is 5.11 Å². The lowest BCUT2D eigenvalue weighted by atomic mass is 9.90. The van der Waals surface area contributed by atoms with Crippen LogP contribution in [0.1, 0.15) is 37.0 Å². The zero-order valence-electron chi connectivity index (χ0n) is 11.3. The van der Waals surface area contributed by atoms with Crippen LogP contribution in [0.4, 0.5) is 0 Å². The summed E-state index contributed by atoms with van der Waals surface area (Å²) >= 11 is 0. The van der Waals surface area contributed by atoms with Crippen molar-refractivity contribution in [2.75, 3.05) is 0 Å². The van der Waals surface area contributed by atoms with E-state index in [1.807, 2.05) is 38.1 Å². The predicted octanol–water partition coefficient (Wildman–Crippen LogP) is 3.21. The third-order valence-corrected chi connectivity index (χ3v) is 3.70. The summed E-state index contributed by atoms with van der Waals surface area (Å²) in [6.07, 6.45) is 3.93. The molecule has 0 aliphatic rings. The van der Waals surface area contributed by atoms with Gasteiger partial charge >= 0.3 is 0 Å². The lowest BCUT2D eigenvalue weighted by molar-refractivity contribution is 0.0589. The molecule has 3 heteroatoms. The van der Waals surface area contributed by atoms with Crippen molar-refractivity contribution in [2.24, 2.45) is 5.92 Å². The standard InChI is InChI=1S/C16H19NO2/c1-3-11(4-2)15(18)16(19)14-10-17-9-12-7-5-6-8-13(12)14/h5-11,15,18H,3-4H2,1-2H3. The van der Waals surface area contributed by atoms with E-state index in [9.17, 15) is 9.90 Å². The number of hydrogen-bond acceptors (Lipinski definition) is 3. The molecule has 2 rings (SSSR count). The molecule has 2 aromatic rings. The SMILES string of the molecule is CCC(CC)C(O)C(=O)c1cncc2ccccc12. The Morgan fingerprint density at radius 2 is 1.89 bits per heavy atom. The Bertz CT molecular complexity index is 570. The van der Waals surface area contributed by atoms with Gasteiger partial charge in [-0.2, -0.15) is 0 Å². The molecule has 100 valence electrons. The Kier molecular flexibility index (Phi) is 4.27. The predicted molar refractivity (Wildman–Crippen MR) is 76.2 cm³/mol. The fourth-order valence-electron chi connectivity index (χ4n) is 2.42. The smallest absolute Gasteiger partial charge is 0.193 e. The monoisotopic (exact) mass is 257 g/mol. The number of aliphatic hydroxyl groups is 1. The number of pyridine rings is 1. The number of nitrogens with zero attached hydrogens (tertiary/aromatic N) is 1. The number of ketones is 1. The summed E-state index contributed by atoms with van der Waals surface area (Å²) in [4.78, 5) is 16.5. The van der Waals surface area contributed by atoms with E-state index in [2.05, 4.69) is 4.98 Å². The second kappa shape index (κ2) is 5.93. The Morgan fingerprint density at radius 3 is 2.58 bits per heavy atom. The van der Waals surface area contributed by atoms with Crippen LogP contribution in [0.15, 0.2) is 36.7 Å². The fraction of sp³-hybridized carbons (Fsp3) is 0.375. The first-order valence-electron chi connectivity index (χ1n) is 6.74. The number of fused-ring (bicyclic) bond motifs is 1. The molecule has 1 aromatic heterocycles. The van der Waals surface area contributed by atoms with Gasteiger partial charge in [-0.05, 0) is 11.3 Å². The molecule has 0 aliphatic carbocycles. The van der Waals surface area contributed by atoms with Crippen LogP contribution in [-0.4, -0.2) is 22.0 Å². The van der Waals surface area contributed by atoms with E-state index >= 15 is 0 Å². The van der Waals surface area contributed by atoms with Crippen LogP contribution in [0.2, 0.25) is 0 Å². The topological polar surface area (TPSA) is 50.2 Å². The largest absolute Gasteiger partial charge is 0.385 e. The van der Waals surface area contributed by atoms with Crippen molar-refractivity contribution in [1.29, 1.82) is 0 Å². The van der Waals surface area contributed by atoms with Gasteiger partial charge in [-0.3, -0.25) is 9.78 Å². The average Bonchev–Trinajstić information content (AvgIpc) is 2.47. The van der Waals surface area contributed by atoms with E-state index in [4.69, 9.17) is 0 Å². The number of hydrogen-bond donors (Lipinski definition) is 1. The van der Waals surface area contributed by atoms with Crippen LogP contribution >= 0.6 is 0 Å². The molecule has 0 amide bonds. The van der Waals surface area contributed by atoms with Gasteiger partial charge in [0.1, 0.15) is 6.10 Å². The van der Waals surface area contributed by atoms with Crippen molar-refractivity contribution in [3.63, 3.8) is 0 Å². The minimum Gasteiger partial charge on any atom is -0.385 e. The summed E-state index contributed by atoms with van der Waals surface area (Å²) in [6.45, 7) is 3.98. The third-order valence-electron chi connectivity index (χ3n) is 3.70. The van der Waals surface area contributed by atoms with Gasteiger partial charge in [-0.15, -0.1) is 0 Å². The summed E-state index contributed by atoms with van der Waals surface area (Å²) in [6, 6.07) is 7.62. The summed E-state index contributed by atoms with van der Waals surface area (Å²) in [5.41, 5.74) is 0.512. The molecular formula is C16H19NO2. The van der Waals surface area contributed by atoms with Crippen molar-refractivity contribution < 1.29 is 9.90 Å². The van der Waals surface area contributed by atoms with Crippen LogP contribution in [0, 0.1) is 5.92 Å². The Hall–Kier alpha value is -1.74. The van der Waals surface area contributed by atoms with Gasteiger partial charge in [-0.1, -0.05) is 51.0 Å². The molecule has 1 N–H and O–H groups in total. The van der Waals surface area contributed by atoms with E-state index < -0.39 is 6.10 Å². The highest BCUT2D eigenvalue weighted by Crippen LogP contribution is 2.22. The molecule has 0 fully saturated rings. The number of Topliss-reactive ketones (excluding diaryl/α,β-unsaturated/α-hetero) is 1. The zero-order valence-corrected chi connectivity index (χ0v) is 11.3. The molecule has 1 atom stereocenters. The van der Waals surface area contributed by atoms with E-state index in [0.717, 1.165) is 23.6 Å². The molecule has 1 aromatic carbocycles. The number of carbonyl (C=O) groups is 1. The maximum atomic E-state index is 12.4. The van der Waals surface area contributed by atoms with Gasteiger partial charge in [-0.25, -0.2) is 0 Å². The summed E-state index contributed by atoms with van der Waals surface area (Å²) in [5, 5.41) is 12.0. The maximum absolute atomic E-state index is 12.4. The molecule has 3 nitrogen and oxygen atoms in total. The molecule has 0 aliphatic heterocycles. The normalized spacial score (nSPS) is 12.8. The summed E-state index contributed by atoms with van der Waals surface area (Å²) in [5.74, 6) is -0.218. The molecule has 0 spiro atoms. The maximum Gasteiger partial charge on any atom is 0.193 e. The molecule has 0 saturated carbocycles. The number of carbonyl (C=O) groups excluding carboxylic acids is 1. The lowest BCUT2D eigenvalue weighted by Gasteiger charge is -2.19. The highest BCUT2D eigenvalue weighted by molar-refractivity contribution is 6.09. The van der Waals surface area contributed by atoms with Crippen molar-refractivity contribution in [3.8, 4) is 0 Å². The first kappa shape index (κ1) is 13.7. The second-order valence-corrected chi connectivity index (χ2v) is 4.79. The van der Waals surface area contributed by atoms with Crippen molar-refractivity contribution in [1.82, 2.24) is 4.98 Å². The summed E-state index contributed by atoms with van der Waals surface area (Å²) < 4.78 is 0. The molecule has 0 saturated heterocycles. The number of aromatic nitrogens is 1. The van der Waals surface area contributed by atoms with Gasteiger partial charge in [0.15, 0.2) is 5.78 Å². The van der Waals surface area contributed by atoms with Gasteiger partial charge in [0.2, 0.25) is 0 Å². The Balaban J connectivity index is 2.41. The first-order chi connectivity index (χ1) is 9.19. The number of aliphatic hydroxyl groups excluding tert-OH is 1. The van der Waals surface area contributed by atoms with E-state index in [1.54, 1.807) is 12.4 Å². The Labute approximate surface area is 113 Å². The zero-order chi connectivity index (χ0) is 13.8. The molecule has 19 heavy (non-hydrogen) atoms. The molecule has 1 heterocycles. The quantitative estimate of drug-likeness (QED) is 0.837. The molecule has 0 bridgehead atoms. The highest BCUT2D eigenvalue weighted by atomic mass is 16.3. The van der Waals surface area contributed by atoms with Crippen molar-refractivity contribution in [3.05, 3.63) is 42.2 Å². The minimum absolute atomic E-state index is 0.00599. The van der Waals surface area contributed by atoms with Crippen LogP contribution in [-0.2, 0) is 0 Å². The van der Waals surface area contributed by atoms with Crippen LogP contribution in [0.25, 0.3) is 10.8 Å². The van der Waals surface area contributed by atoms with Crippen LogP contribution in [0.3, 0.4) is 0 Å². The van der Waals surface area contributed by atoms with E-state index in [-0.39, 0.29) is 11.7 Å². The van der Waals surface area contributed by atoms with E-state index in [1.165, 1.54) is 0 Å². The fourth-order valence-corrected chi connectivity index (χ4v) is 2.42. The van der Waals surface area contributed by atoms with Crippen LogP contribution in [0.5, 0.6) is 0 Å². The number of rotatable bonds is 5. The lowest BCUT2D eigenvalue weighted by Crippen LogP contribution is -2.29. The van der Waals surface area contributed by atoms with Gasteiger partial charge in [0, 0.05) is 23.3 Å². The second-order valence-electron chi connectivity index (χ2n) is 4.79. The first-order valence-corrected chi connectivity index (χ1v) is 6.74. The average molecular weight is 257 g/mol. The van der Waals surface area contributed by atoms with Crippen molar-refractivity contribution in [2.45, 2.75) is 32.8 Å². The molecular weight excluding hydrogens is 238 g/mol. The van der Waals surface area contributed by atoms with Gasteiger partial charge in [0.25, 0.3) is 0 Å². The van der Waals surface area contributed by atoms with Crippen molar-refractivity contribution >= 4 is 16.6 Å². The minimum atomic E-state index is -0.942. The van der Waals surface area contributed by atoms with E-state index in [0.29, 0.717) is 5.56 Å². The summed E-state index contributed by atoms with van der Waals surface area (Å²) in [7, 11) is 0. The Morgan fingerprint density at radius 1 is 1.21 bits per heavy atom. The number of benzene rings is 1.